The Bertz CT molecular complexity index is 473. The Morgan fingerprint density at radius 1 is 1.28 bits per heavy atom. The van der Waals surface area contributed by atoms with Crippen molar-refractivity contribution in [3.8, 4) is 0 Å². The zero-order valence-corrected chi connectivity index (χ0v) is 9.22. The largest absolute Gasteiger partial charge is 0.419 e. The number of hydrazine groups is 1. The van der Waals surface area contributed by atoms with Gasteiger partial charge in [-0.25, -0.2) is 4.39 Å². The summed E-state index contributed by atoms with van der Waals surface area (Å²) in [6.07, 6.45) is -3.87. The van der Waals surface area contributed by atoms with Gasteiger partial charge in [0.1, 0.15) is 5.82 Å². The average Bonchev–Trinajstić information content (AvgIpc) is 2.28. The Labute approximate surface area is 100 Å². The van der Waals surface area contributed by atoms with Crippen LogP contribution in [0.15, 0.2) is 18.2 Å². The highest BCUT2D eigenvalue weighted by molar-refractivity contribution is 5.79. The highest BCUT2D eigenvalue weighted by atomic mass is 19.4. The van der Waals surface area contributed by atoms with Gasteiger partial charge >= 0.3 is 6.18 Å². The van der Waals surface area contributed by atoms with Crippen LogP contribution in [0.4, 0.5) is 23.2 Å². The summed E-state index contributed by atoms with van der Waals surface area (Å²) in [5.74, 6) is -1.59. The Morgan fingerprint density at radius 2 is 2.00 bits per heavy atom. The zero-order valence-electron chi connectivity index (χ0n) is 9.22. The lowest BCUT2D eigenvalue weighted by Crippen LogP contribution is -2.47. The SMILES string of the molecule is O=C1CCCN(c2ccc(F)c(C(F)(F)F)c2)N1. The molecule has 0 radical (unpaired) electrons. The topological polar surface area (TPSA) is 32.3 Å². The number of carbonyl (C=O) groups is 1. The molecule has 1 aromatic carbocycles. The highest BCUT2D eigenvalue weighted by Crippen LogP contribution is 2.33. The second kappa shape index (κ2) is 4.47. The predicted molar refractivity (Wildman–Crippen MR) is 56.1 cm³/mol. The molecule has 0 atom stereocenters. The van der Waals surface area contributed by atoms with Gasteiger partial charge in [-0.15, -0.1) is 0 Å². The molecule has 1 saturated heterocycles. The van der Waals surface area contributed by atoms with Gasteiger partial charge in [0, 0.05) is 13.0 Å². The summed E-state index contributed by atoms with van der Waals surface area (Å²) >= 11 is 0. The standard InChI is InChI=1S/C11H10F4N2O/c12-9-4-3-7(6-8(9)11(13,14)15)17-5-1-2-10(18)16-17/h3-4,6H,1-2,5H2,(H,16,18). The summed E-state index contributed by atoms with van der Waals surface area (Å²) in [5, 5.41) is 1.29. The molecule has 1 amide bonds. The third-order valence-corrected chi connectivity index (χ3v) is 2.61. The van der Waals surface area contributed by atoms with E-state index in [-0.39, 0.29) is 11.6 Å². The molecule has 1 fully saturated rings. The fourth-order valence-electron chi connectivity index (χ4n) is 1.75. The third kappa shape index (κ3) is 2.55. The maximum Gasteiger partial charge on any atom is 0.419 e. The molecule has 18 heavy (non-hydrogen) atoms. The van der Waals surface area contributed by atoms with Crippen molar-refractivity contribution in [2.24, 2.45) is 0 Å². The molecule has 7 heteroatoms. The van der Waals surface area contributed by atoms with Gasteiger partial charge in [0.15, 0.2) is 0 Å². The van der Waals surface area contributed by atoms with Gasteiger partial charge in [-0.05, 0) is 24.6 Å². The quantitative estimate of drug-likeness (QED) is 0.788. The van der Waals surface area contributed by atoms with Crippen molar-refractivity contribution in [3.63, 3.8) is 0 Å². The lowest BCUT2D eigenvalue weighted by atomic mass is 10.1. The first-order chi connectivity index (χ1) is 8.38. The van der Waals surface area contributed by atoms with Crippen molar-refractivity contribution in [2.75, 3.05) is 11.6 Å². The van der Waals surface area contributed by atoms with Gasteiger partial charge in [-0.3, -0.25) is 15.2 Å². The lowest BCUT2D eigenvalue weighted by molar-refractivity contribution is -0.139. The van der Waals surface area contributed by atoms with Crippen molar-refractivity contribution < 1.29 is 22.4 Å². The smallest absolute Gasteiger partial charge is 0.286 e. The Hall–Kier alpha value is -1.79. The van der Waals surface area contributed by atoms with E-state index in [1.54, 1.807) is 0 Å². The summed E-state index contributed by atoms with van der Waals surface area (Å²) < 4.78 is 50.7. The number of nitrogens with zero attached hydrogens (tertiary/aromatic N) is 1. The van der Waals surface area contributed by atoms with Crippen LogP contribution in [0, 0.1) is 5.82 Å². The molecule has 0 bridgehead atoms. The maximum absolute atomic E-state index is 13.1. The average molecular weight is 262 g/mol. The van der Waals surface area contributed by atoms with Gasteiger partial charge in [0.2, 0.25) is 5.91 Å². The molecule has 2 rings (SSSR count). The van der Waals surface area contributed by atoms with Gasteiger partial charge in [-0.2, -0.15) is 13.2 Å². The van der Waals surface area contributed by atoms with Gasteiger partial charge in [-0.1, -0.05) is 0 Å². The minimum absolute atomic E-state index is 0.122. The van der Waals surface area contributed by atoms with E-state index in [1.165, 1.54) is 11.1 Å². The zero-order chi connectivity index (χ0) is 13.3. The van der Waals surface area contributed by atoms with Crippen LogP contribution in [0.3, 0.4) is 0 Å². The van der Waals surface area contributed by atoms with Gasteiger partial charge < -0.3 is 0 Å². The Balaban J connectivity index is 2.32. The molecule has 1 N–H and O–H groups in total. The minimum Gasteiger partial charge on any atom is -0.286 e. The number of hydrogen-bond donors (Lipinski definition) is 1. The normalized spacial score (nSPS) is 16.7. The molecule has 0 saturated carbocycles. The van der Waals surface area contributed by atoms with E-state index in [4.69, 9.17) is 0 Å². The van der Waals surface area contributed by atoms with E-state index in [0.717, 1.165) is 6.07 Å². The van der Waals surface area contributed by atoms with Crippen molar-refractivity contribution in [2.45, 2.75) is 19.0 Å². The third-order valence-electron chi connectivity index (χ3n) is 2.61. The highest BCUT2D eigenvalue weighted by Gasteiger charge is 2.34. The van der Waals surface area contributed by atoms with E-state index in [0.29, 0.717) is 25.5 Å². The number of hydrogen-bond acceptors (Lipinski definition) is 2. The van der Waals surface area contributed by atoms with Crippen molar-refractivity contribution >= 4 is 11.6 Å². The molecule has 1 aliphatic heterocycles. The van der Waals surface area contributed by atoms with Gasteiger partial charge in [0.05, 0.1) is 11.3 Å². The Kier molecular flexibility index (Phi) is 3.14. The first-order valence-electron chi connectivity index (χ1n) is 5.32. The van der Waals surface area contributed by atoms with Crippen LogP contribution in [-0.2, 0) is 11.0 Å². The molecule has 0 spiro atoms. The molecule has 0 aromatic heterocycles. The first kappa shape index (κ1) is 12.7. The maximum atomic E-state index is 13.1. The molecule has 98 valence electrons. The number of alkyl halides is 3. The fraction of sp³-hybridized carbons (Fsp3) is 0.364. The summed E-state index contributed by atoms with van der Waals surface area (Å²) in [4.78, 5) is 11.1. The van der Waals surface area contributed by atoms with Crippen molar-refractivity contribution in [3.05, 3.63) is 29.6 Å². The Morgan fingerprint density at radius 3 is 2.61 bits per heavy atom. The molecule has 1 aliphatic rings. The van der Waals surface area contributed by atoms with Crippen LogP contribution in [0.5, 0.6) is 0 Å². The van der Waals surface area contributed by atoms with E-state index in [9.17, 15) is 22.4 Å². The number of rotatable bonds is 1. The number of anilines is 1. The van der Waals surface area contributed by atoms with Crippen LogP contribution < -0.4 is 10.4 Å². The molecule has 0 aliphatic carbocycles. The summed E-state index contributed by atoms with van der Waals surface area (Å²) in [5.41, 5.74) is 1.22. The van der Waals surface area contributed by atoms with Crippen LogP contribution in [0.25, 0.3) is 0 Å². The van der Waals surface area contributed by atoms with Gasteiger partial charge in [0.25, 0.3) is 0 Å². The van der Waals surface area contributed by atoms with Crippen LogP contribution in [0.2, 0.25) is 0 Å². The number of amides is 1. The number of carbonyl (C=O) groups excluding carboxylic acids is 1. The number of halogens is 4. The van der Waals surface area contributed by atoms with Crippen molar-refractivity contribution in [1.29, 1.82) is 0 Å². The van der Waals surface area contributed by atoms with Crippen LogP contribution in [0.1, 0.15) is 18.4 Å². The summed E-state index contributed by atoms with van der Waals surface area (Å²) in [7, 11) is 0. The van der Waals surface area contributed by atoms with E-state index < -0.39 is 17.6 Å². The summed E-state index contributed by atoms with van der Waals surface area (Å²) in [6.45, 7) is 0.397. The predicted octanol–water partition coefficient (Wildman–Crippen LogP) is 2.48. The van der Waals surface area contributed by atoms with E-state index in [2.05, 4.69) is 5.43 Å². The summed E-state index contributed by atoms with van der Waals surface area (Å²) in [6, 6.07) is 2.65. The van der Waals surface area contributed by atoms with E-state index >= 15 is 0 Å². The minimum atomic E-state index is -4.75. The molecule has 3 nitrogen and oxygen atoms in total. The monoisotopic (exact) mass is 262 g/mol. The second-order valence-electron chi connectivity index (χ2n) is 3.95. The molecular weight excluding hydrogens is 252 g/mol. The molecule has 0 unspecified atom stereocenters. The second-order valence-corrected chi connectivity index (χ2v) is 3.95. The number of benzene rings is 1. The molecular formula is C11H10F4N2O. The molecule has 1 heterocycles. The number of nitrogens with one attached hydrogen (secondary N) is 1. The first-order valence-corrected chi connectivity index (χ1v) is 5.32. The van der Waals surface area contributed by atoms with Crippen LogP contribution >= 0.6 is 0 Å². The molecule has 1 aromatic rings. The lowest BCUT2D eigenvalue weighted by Gasteiger charge is -2.29. The van der Waals surface area contributed by atoms with Crippen LogP contribution in [-0.4, -0.2) is 12.5 Å². The van der Waals surface area contributed by atoms with E-state index in [1.807, 2.05) is 0 Å². The van der Waals surface area contributed by atoms with Crippen molar-refractivity contribution in [1.82, 2.24) is 5.43 Å². The fourth-order valence-corrected chi connectivity index (χ4v) is 1.75.